The number of unbranched alkanes of at least 4 members (excludes halogenated alkanes) is 4. The quantitative estimate of drug-likeness (QED) is 0.147. The van der Waals surface area contributed by atoms with Gasteiger partial charge in [0, 0.05) is 0 Å². The van der Waals surface area contributed by atoms with Crippen LogP contribution in [0, 0.1) is 35.5 Å². The molecule has 0 aromatic heterocycles. The molecule has 0 saturated heterocycles. The van der Waals surface area contributed by atoms with Crippen molar-refractivity contribution in [2.75, 3.05) is 0 Å². The van der Waals surface area contributed by atoms with Gasteiger partial charge in [-0.2, -0.15) is 0 Å². The smallest absolute Gasteiger partial charge is 0.0471 e. The molecule has 0 aromatic carbocycles. The summed E-state index contributed by atoms with van der Waals surface area (Å²) in [6.45, 7) is 57.8. The van der Waals surface area contributed by atoms with Crippen LogP contribution in [0.4, 0.5) is 0 Å². The van der Waals surface area contributed by atoms with Crippen molar-refractivity contribution in [1.82, 2.24) is 0 Å². The third kappa shape index (κ3) is 248. The van der Waals surface area contributed by atoms with Crippen LogP contribution in [0.15, 0.2) is 0 Å². The highest BCUT2D eigenvalue weighted by atomic mass is 13.9. The Morgan fingerprint density at radius 2 is 0.231 bits per heavy atom. The van der Waals surface area contributed by atoms with Crippen LogP contribution in [-0.4, -0.2) is 0 Å². The molecule has 0 N–H and O–H groups in total. The van der Waals surface area contributed by atoms with E-state index in [4.69, 9.17) is 0 Å². The maximum Gasteiger partial charge on any atom is -0.0471 e. The number of rotatable bonds is 16. The lowest BCUT2D eigenvalue weighted by atomic mass is 10.1. The lowest BCUT2D eigenvalue weighted by Crippen LogP contribution is -1.81. The van der Waals surface area contributed by atoms with Crippen LogP contribution in [0.2, 0.25) is 0 Å². The first-order valence-corrected chi connectivity index (χ1v) is 24.3. The summed E-state index contributed by atoms with van der Waals surface area (Å²) in [5.74, 6) is 5.39. The van der Waals surface area contributed by atoms with Gasteiger partial charge in [0.15, 0.2) is 0 Å². The first-order chi connectivity index (χ1) is 24.3. The lowest BCUT2D eigenvalue weighted by molar-refractivity contribution is 0.576. The fourth-order valence-corrected chi connectivity index (χ4v) is 3.46. The zero-order chi connectivity index (χ0) is 43.6. The molecule has 0 radical (unpaired) electrons. The Hall–Kier alpha value is 0. The topological polar surface area (TPSA) is 0 Å². The van der Waals surface area contributed by atoms with Crippen LogP contribution < -0.4 is 0 Å². The van der Waals surface area contributed by atoms with Gasteiger partial charge in [0.05, 0.1) is 0 Å². The summed E-state index contributed by atoms with van der Waals surface area (Å²) < 4.78 is 0. The van der Waals surface area contributed by atoms with Gasteiger partial charge in [-0.1, -0.05) is 308 Å². The summed E-state index contributed by atoms with van der Waals surface area (Å²) in [7, 11) is 0. The van der Waals surface area contributed by atoms with E-state index in [0.717, 1.165) is 35.5 Å². The van der Waals surface area contributed by atoms with Crippen LogP contribution >= 0.6 is 0 Å². The predicted octanol–water partition coefficient (Wildman–Crippen LogP) is 21.9. The molecule has 0 nitrogen and oxygen atoms in total. The zero-order valence-corrected chi connectivity index (χ0v) is 43.6. The van der Waals surface area contributed by atoms with E-state index in [1.165, 1.54) is 128 Å². The van der Waals surface area contributed by atoms with Crippen molar-refractivity contribution >= 4 is 0 Å². The summed E-state index contributed by atoms with van der Waals surface area (Å²) in [5.41, 5.74) is 0. The van der Waals surface area contributed by atoms with Gasteiger partial charge in [0.2, 0.25) is 0 Å². The molecular weight excluding hydrogens is 625 g/mol. The van der Waals surface area contributed by atoms with Gasteiger partial charge >= 0.3 is 0 Å². The minimum absolute atomic E-state index is 0.898. The third-order valence-corrected chi connectivity index (χ3v) is 7.20. The molecule has 0 bridgehead atoms. The van der Waals surface area contributed by atoms with Crippen molar-refractivity contribution in [1.29, 1.82) is 0 Å². The molecular formula is C52H124. The summed E-state index contributed by atoms with van der Waals surface area (Å²) in [4.78, 5) is 0. The Kier molecular flexibility index (Phi) is 130. The molecule has 0 amide bonds. The summed E-state index contributed by atoms with van der Waals surface area (Å²) in [6, 6.07) is 0. The number of hydrogen-bond acceptors (Lipinski definition) is 0. The summed E-state index contributed by atoms with van der Waals surface area (Å²) >= 11 is 0. The van der Waals surface area contributed by atoms with E-state index in [9.17, 15) is 0 Å². The van der Waals surface area contributed by atoms with Crippen molar-refractivity contribution in [3.8, 4) is 0 Å². The summed E-state index contributed by atoms with van der Waals surface area (Å²) in [6.07, 6.45) is 26.8. The van der Waals surface area contributed by atoms with Crippen molar-refractivity contribution in [2.24, 2.45) is 35.5 Å². The Balaban J connectivity index is -0.0000000474. The molecule has 52 heavy (non-hydrogen) atoms. The Morgan fingerprint density at radius 1 is 0.154 bits per heavy atom. The number of hydrogen-bond donors (Lipinski definition) is 0. The van der Waals surface area contributed by atoms with E-state index in [1.54, 1.807) is 0 Å². The first kappa shape index (κ1) is 76.7. The molecule has 0 rings (SSSR count). The van der Waals surface area contributed by atoms with E-state index >= 15 is 0 Å². The molecule has 0 aliphatic rings. The SMILES string of the molecule is CCCC.CCCC.CCCC.CCCC.CCCC(C)C.CCCC(C)C.CCCC(C)C.CCCC(C)C.CCCC(C)C.CCCC(C)C. The van der Waals surface area contributed by atoms with Gasteiger partial charge < -0.3 is 0 Å². The van der Waals surface area contributed by atoms with E-state index in [2.05, 4.69) is 180 Å². The average molecular weight is 750 g/mol. The second-order valence-corrected chi connectivity index (χ2v) is 17.1. The van der Waals surface area contributed by atoms with Crippen molar-refractivity contribution in [3.05, 3.63) is 0 Å². The van der Waals surface area contributed by atoms with Gasteiger partial charge in [-0.25, -0.2) is 0 Å². The zero-order valence-electron chi connectivity index (χ0n) is 43.6. The van der Waals surface area contributed by atoms with Gasteiger partial charge in [-0.3, -0.25) is 0 Å². The van der Waals surface area contributed by atoms with Crippen molar-refractivity contribution in [2.45, 2.75) is 308 Å². The highest BCUT2D eigenvalue weighted by molar-refractivity contribution is 4.41. The van der Waals surface area contributed by atoms with Crippen LogP contribution in [0.5, 0.6) is 0 Å². The molecule has 0 aliphatic heterocycles. The Bertz CT molecular complexity index is 285. The van der Waals surface area contributed by atoms with Crippen LogP contribution in [0.1, 0.15) is 308 Å². The van der Waals surface area contributed by atoms with Crippen LogP contribution in [-0.2, 0) is 0 Å². The summed E-state index contributed by atoms with van der Waals surface area (Å²) in [5, 5.41) is 0. The minimum atomic E-state index is 0.898. The maximum atomic E-state index is 2.25. The highest BCUT2D eigenvalue weighted by Gasteiger charge is 1.88. The Morgan fingerprint density at radius 3 is 0.231 bits per heavy atom. The molecule has 0 unspecified atom stereocenters. The van der Waals surface area contributed by atoms with E-state index < -0.39 is 0 Å². The second-order valence-electron chi connectivity index (χ2n) is 17.1. The normalized spacial score (nSPS) is 9.23. The maximum absolute atomic E-state index is 2.25. The van der Waals surface area contributed by atoms with Crippen LogP contribution in [0.25, 0.3) is 0 Å². The molecule has 332 valence electrons. The third-order valence-electron chi connectivity index (χ3n) is 7.20. The molecule has 0 atom stereocenters. The largest absolute Gasteiger partial charge is 0.0654 e. The highest BCUT2D eigenvalue weighted by Crippen LogP contribution is 2.03. The van der Waals surface area contributed by atoms with Gasteiger partial charge in [0.25, 0.3) is 0 Å². The predicted molar refractivity (Wildman–Crippen MR) is 261 cm³/mol. The fourth-order valence-electron chi connectivity index (χ4n) is 3.46. The van der Waals surface area contributed by atoms with Crippen LogP contribution in [0.3, 0.4) is 0 Å². The van der Waals surface area contributed by atoms with E-state index in [0.29, 0.717) is 0 Å². The van der Waals surface area contributed by atoms with Crippen molar-refractivity contribution < 1.29 is 0 Å². The average Bonchev–Trinajstić information content (AvgIpc) is 3.06. The molecule has 0 fully saturated rings. The molecule has 0 aliphatic carbocycles. The molecule has 0 aromatic rings. The second kappa shape index (κ2) is 88.3. The molecule has 0 heterocycles. The monoisotopic (exact) mass is 749 g/mol. The van der Waals surface area contributed by atoms with Gasteiger partial charge in [0.1, 0.15) is 0 Å². The fraction of sp³-hybridized carbons (Fsp3) is 1.00. The molecule has 0 spiro atoms. The minimum Gasteiger partial charge on any atom is -0.0654 e. The lowest BCUT2D eigenvalue weighted by Gasteiger charge is -1.95. The Labute approximate surface area is 342 Å². The van der Waals surface area contributed by atoms with Crippen molar-refractivity contribution in [3.63, 3.8) is 0 Å². The van der Waals surface area contributed by atoms with E-state index in [-0.39, 0.29) is 0 Å². The van der Waals surface area contributed by atoms with E-state index in [1.807, 2.05) is 0 Å². The molecule has 0 heteroatoms. The van der Waals surface area contributed by atoms with Gasteiger partial charge in [-0.15, -0.1) is 0 Å². The first-order valence-electron chi connectivity index (χ1n) is 24.3. The molecule has 0 saturated carbocycles. The van der Waals surface area contributed by atoms with Gasteiger partial charge in [-0.05, 0) is 35.5 Å². The standard InChI is InChI=1S/6C6H14.4C4H10/c6*1-4-5-6(2)3;4*1-3-4-2/h6*6H,4-5H2,1-3H3;4*3-4H2,1-2H3.